The molecule has 3 aromatic heterocycles. The Hall–Kier alpha value is -3.78. The number of nitrogens with one attached hydrogen (secondary N) is 2. The van der Waals surface area contributed by atoms with Crippen LogP contribution in [0.1, 0.15) is 21.9 Å². The smallest absolute Gasteiger partial charge is 0.267 e. The van der Waals surface area contributed by atoms with Gasteiger partial charge < -0.3 is 19.9 Å². The SMILES string of the molecule is COc1ccnc(-c2ccnc(Cc3ccc4[nH]c(C(=O)NCCN(C)C)cc4c3)n2)c1. The minimum atomic E-state index is -0.105. The van der Waals surface area contributed by atoms with Gasteiger partial charge in [0, 0.05) is 48.9 Å². The van der Waals surface area contributed by atoms with Crippen molar-refractivity contribution in [2.24, 2.45) is 0 Å². The average Bonchev–Trinajstić information content (AvgIpc) is 3.23. The Morgan fingerprint density at radius 1 is 1.06 bits per heavy atom. The van der Waals surface area contributed by atoms with Crippen molar-refractivity contribution < 1.29 is 9.53 Å². The number of amides is 1. The van der Waals surface area contributed by atoms with E-state index in [9.17, 15) is 4.79 Å². The van der Waals surface area contributed by atoms with Crippen LogP contribution in [0.3, 0.4) is 0 Å². The molecular weight excluding hydrogens is 404 g/mol. The number of likely N-dealkylation sites (N-methyl/N-ethyl adjacent to an activating group) is 1. The summed E-state index contributed by atoms with van der Waals surface area (Å²) in [7, 11) is 5.58. The van der Waals surface area contributed by atoms with Crippen LogP contribution in [0.15, 0.2) is 54.9 Å². The molecule has 0 fully saturated rings. The van der Waals surface area contributed by atoms with Gasteiger partial charge in [0.15, 0.2) is 0 Å². The number of hydrogen-bond acceptors (Lipinski definition) is 6. The zero-order chi connectivity index (χ0) is 22.5. The van der Waals surface area contributed by atoms with E-state index in [-0.39, 0.29) is 5.91 Å². The number of carbonyl (C=O) groups excluding carboxylic acids is 1. The second-order valence-electron chi connectivity index (χ2n) is 7.78. The van der Waals surface area contributed by atoms with Gasteiger partial charge in [-0.15, -0.1) is 0 Å². The Morgan fingerprint density at radius 2 is 1.91 bits per heavy atom. The number of H-pyrrole nitrogens is 1. The molecule has 0 aliphatic carbocycles. The number of nitrogens with zero attached hydrogens (tertiary/aromatic N) is 4. The highest BCUT2D eigenvalue weighted by Crippen LogP contribution is 2.21. The highest BCUT2D eigenvalue weighted by Gasteiger charge is 2.11. The zero-order valence-corrected chi connectivity index (χ0v) is 18.4. The third kappa shape index (κ3) is 5.09. The monoisotopic (exact) mass is 430 g/mol. The predicted molar refractivity (Wildman–Crippen MR) is 124 cm³/mol. The number of carbonyl (C=O) groups is 1. The quantitative estimate of drug-likeness (QED) is 0.446. The Labute approximate surface area is 186 Å². The largest absolute Gasteiger partial charge is 0.497 e. The van der Waals surface area contributed by atoms with E-state index < -0.39 is 0 Å². The third-order valence-electron chi connectivity index (χ3n) is 5.07. The molecule has 4 aromatic rings. The molecule has 4 rings (SSSR count). The first-order valence-electron chi connectivity index (χ1n) is 10.4. The number of hydrogen-bond donors (Lipinski definition) is 2. The summed E-state index contributed by atoms with van der Waals surface area (Å²) >= 11 is 0. The summed E-state index contributed by atoms with van der Waals surface area (Å²) in [6.07, 6.45) is 4.01. The molecule has 8 nitrogen and oxygen atoms in total. The van der Waals surface area contributed by atoms with Gasteiger partial charge in [0.05, 0.1) is 18.5 Å². The van der Waals surface area contributed by atoms with Crippen LogP contribution in [0, 0.1) is 0 Å². The minimum Gasteiger partial charge on any atom is -0.497 e. The van der Waals surface area contributed by atoms with Gasteiger partial charge in [0.25, 0.3) is 5.91 Å². The topological polar surface area (TPSA) is 96.0 Å². The summed E-state index contributed by atoms with van der Waals surface area (Å²) in [6, 6.07) is 13.4. The van der Waals surface area contributed by atoms with E-state index in [4.69, 9.17) is 4.74 Å². The van der Waals surface area contributed by atoms with E-state index in [1.807, 2.05) is 49.3 Å². The molecule has 0 spiro atoms. The Balaban J connectivity index is 1.50. The Bertz CT molecular complexity index is 1230. The van der Waals surface area contributed by atoms with Gasteiger partial charge in [0.1, 0.15) is 17.3 Å². The molecule has 8 heteroatoms. The predicted octanol–water partition coefficient (Wildman–Crippen LogP) is 2.91. The molecule has 0 aliphatic rings. The van der Waals surface area contributed by atoms with Gasteiger partial charge in [-0.25, -0.2) is 9.97 Å². The lowest BCUT2D eigenvalue weighted by Gasteiger charge is -2.09. The molecule has 3 heterocycles. The van der Waals surface area contributed by atoms with Gasteiger partial charge >= 0.3 is 0 Å². The first-order chi connectivity index (χ1) is 15.5. The second-order valence-corrected chi connectivity index (χ2v) is 7.78. The first kappa shape index (κ1) is 21.5. The van der Waals surface area contributed by atoms with Crippen LogP contribution in [0.25, 0.3) is 22.3 Å². The maximum Gasteiger partial charge on any atom is 0.267 e. The molecule has 2 N–H and O–H groups in total. The molecule has 0 atom stereocenters. The van der Waals surface area contributed by atoms with Crippen molar-refractivity contribution in [2.75, 3.05) is 34.3 Å². The highest BCUT2D eigenvalue weighted by molar-refractivity contribution is 5.98. The molecule has 0 saturated carbocycles. The average molecular weight is 431 g/mol. The van der Waals surface area contributed by atoms with E-state index in [0.29, 0.717) is 24.5 Å². The number of pyridine rings is 1. The fraction of sp³-hybridized carbons (Fsp3) is 0.250. The summed E-state index contributed by atoms with van der Waals surface area (Å²) < 4.78 is 5.28. The van der Waals surface area contributed by atoms with Crippen LogP contribution < -0.4 is 10.1 Å². The maximum absolute atomic E-state index is 12.4. The van der Waals surface area contributed by atoms with Gasteiger partial charge in [-0.3, -0.25) is 9.78 Å². The van der Waals surface area contributed by atoms with Crippen molar-refractivity contribution in [3.8, 4) is 17.1 Å². The lowest BCUT2D eigenvalue weighted by atomic mass is 10.1. The molecule has 0 aliphatic heterocycles. The number of aromatic amines is 1. The number of ether oxygens (including phenoxy) is 1. The molecule has 32 heavy (non-hydrogen) atoms. The van der Waals surface area contributed by atoms with Crippen molar-refractivity contribution in [2.45, 2.75) is 6.42 Å². The van der Waals surface area contributed by atoms with Gasteiger partial charge in [0.2, 0.25) is 0 Å². The lowest BCUT2D eigenvalue weighted by molar-refractivity contribution is 0.0947. The van der Waals surface area contributed by atoms with Crippen LogP contribution in [0.4, 0.5) is 0 Å². The Morgan fingerprint density at radius 3 is 2.72 bits per heavy atom. The summed E-state index contributed by atoms with van der Waals surface area (Å²) in [5.41, 5.74) is 4.01. The summed E-state index contributed by atoms with van der Waals surface area (Å²) in [5, 5.41) is 3.91. The number of benzene rings is 1. The van der Waals surface area contributed by atoms with E-state index in [1.165, 1.54) is 0 Å². The first-order valence-corrected chi connectivity index (χ1v) is 10.4. The van der Waals surface area contributed by atoms with E-state index in [1.54, 1.807) is 25.6 Å². The molecule has 0 bridgehead atoms. The maximum atomic E-state index is 12.4. The fourth-order valence-corrected chi connectivity index (χ4v) is 3.39. The van der Waals surface area contributed by atoms with Crippen LogP contribution in [0.2, 0.25) is 0 Å². The molecule has 1 aromatic carbocycles. The van der Waals surface area contributed by atoms with Crippen molar-refractivity contribution >= 4 is 16.8 Å². The van der Waals surface area contributed by atoms with Crippen molar-refractivity contribution in [1.29, 1.82) is 0 Å². The highest BCUT2D eigenvalue weighted by atomic mass is 16.5. The third-order valence-corrected chi connectivity index (χ3v) is 5.07. The van der Waals surface area contributed by atoms with Crippen molar-refractivity contribution in [3.63, 3.8) is 0 Å². The number of fused-ring (bicyclic) bond motifs is 1. The summed E-state index contributed by atoms with van der Waals surface area (Å²) in [5.74, 6) is 1.32. The Kier molecular flexibility index (Phi) is 6.42. The summed E-state index contributed by atoms with van der Waals surface area (Å²) in [4.78, 5) is 31.1. The van der Waals surface area contributed by atoms with Crippen molar-refractivity contribution in [3.05, 3.63) is 71.9 Å². The van der Waals surface area contributed by atoms with Crippen molar-refractivity contribution in [1.82, 2.24) is 30.2 Å². The van der Waals surface area contributed by atoms with E-state index in [0.717, 1.165) is 40.1 Å². The van der Waals surface area contributed by atoms with E-state index >= 15 is 0 Å². The standard InChI is InChI=1S/C24H26N6O2/c1-30(2)11-10-27-24(31)22-14-17-12-16(4-5-19(17)28-22)13-23-26-9-7-20(29-23)21-15-18(32-3)6-8-25-21/h4-9,12,14-15,28H,10-11,13H2,1-3H3,(H,27,31). The van der Waals surface area contributed by atoms with Gasteiger partial charge in [-0.1, -0.05) is 6.07 Å². The van der Waals surface area contributed by atoms with Crippen LogP contribution in [-0.2, 0) is 6.42 Å². The minimum absolute atomic E-state index is 0.105. The van der Waals surface area contributed by atoms with Crippen LogP contribution in [-0.4, -0.2) is 65.0 Å². The number of methoxy groups -OCH3 is 1. The summed E-state index contributed by atoms with van der Waals surface area (Å²) in [6.45, 7) is 1.39. The molecule has 0 radical (unpaired) electrons. The van der Waals surface area contributed by atoms with Gasteiger partial charge in [-0.2, -0.15) is 0 Å². The lowest BCUT2D eigenvalue weighted by Crippen LogP contribution is -2.31. The zero-order valence-electron chi connectivity index (χ0n) is 18.4. The number of rotatable bonds is 8. The molecule has 164 valence electrons. The van der Waals surface area contributed by atoms with Gasteiger partial charge in [-0.05, 0) is 50.0 Å². The molecule has 0 unspecified atom stereocenters. The molecular formula is C24H26N6O2. The van der Waals surface area contributed by atoms with Crippen LogP contribution in [0.5, 0.6) is 5.75 Å². The number of aromatic nitrogens is 4. The van der Waals surface area contributed by atoms with E-state index in [2.05, 4.69) is 31.3 Å². The molecule has 1 amide bonds. The normalized spacial score (nSPS) is 11.1. The molecule has 0 saturated heterocycles. The fourth-order valence-electron chi connectivity index (χ4n) is 3.39. The second kappa shape index (κ2) is 9.57. The van der Waals surface area contributed by atoms with Crippen LogP contribution >= 0.6 is 0 Å².